The summed E-state index contributed by atoms with van der Waals surface area (Å²) in [6.07, 6.45) is 7.21. The summed E-state index contributed by atoms with van der Waals surface area (Å²) < 4.78 is 27.6. The predicted molar refractivity (Wildman–Crippen MR) is 127 cm³/mol. The van der Waals surface area contributed by atoms with Crippen molar-refractivity contribution in [3.8, 4) is 0 Å². The average molecular weight is 481 g/mol. The summed E-state index contributed by atoms with van der Waals surface area (Å²) >= 11 is 5.19. The second-order valence-corrected chi connectivity index (χ2v) is 10.8. The Kier molecular flexibility index (Phi) is 8.47. The van der Waals surface area contributed by atoms with Gasteiger partial charge in [-0.05, 0) is 61.5 Å². The SMILES string of the molecule is CC1CCN(C(=O)NCCc2ccc(S(=O)(=O)NC(=S)NC3CCCCC3)cc2)C(=O)C1. The van der Waals surface area contributed by atoms with E-state index in [1.807, 2.05) is 6.92 Å². The topological polar surface area (TPSA) is 108 Å². The molecule has 2 aliphatic rings. The number of piperidine rings is 1. The fourth-order valence-electron chi connectivity index (χ4n) is 4.09. The zero-order valence-electron chi connectivity index (χ0n) is 18.4. The quantitative estimate of drug-likeness (QED) is 0.541. The average Bonchev–Trinajstić information content (AvgIpc) is 2.74. The van der Waals surface area contributed by atoms with Crippen molar-refractivity contribution in [3.63, 3.8) is 0 Å². The highest BCUT2D eigenvalue weighted by Gasteiger charge is 2.27. The number of benzene rings is 1. The maximum atomic E-state index is 12.6. The minimum absolute atomic E-state index is 0.130. The van der Waals surface area contributed by atoms with E-state index < -0.39 is 10.0 Å². The summed E-state index contributed by atoms with van der Waals surface area (Å²) in [7, 11) is -3.75. The Balaban J connectivity index is 1.46. The van der Waals surface area contributed by atoms with E-state index in [2.05, 4.69) is 15.4 Å². The summed E-state index contributed by atoms with van der Waals surface area (Å²) in [4.78, 5) is 25.6. The Hall–Kier alpha value is -2.20. The number of likely N-dealkylation sites (tertiary alicyclic amines) is 1. The van der Waals surface area contributed by atoms with Crippen LogP contribution in [0.25, 0.3) is 0 Å². The molecule has 3 N–H and O–H groups in total. The second-order valence-electron chi connectivity index (χ2n) is 8.68. The molecule has 1 atom stereocenters. The molecule has 2 fully saturated rings. The first-order valence-corrected chi connectivity index (χ1v) is 13.1. The molecule has 176 valence electrons. The lowest BCUT2D eigenvalue weighted by Gasteiger charge is -2.28. The first kappa shape index (κ1) is 24.4. The van der Waals surface area contributed by atoms with Crippen LogP contribution >= 0.6 is 12.2 Å². The van der Waals surface area contributed by atoms with Gasteiger partial charge in [-0.15, -0.1) is 0 Å². The van der Waals surface area contributed by atoms with Crippen LogP contribution in [0.1, 0.15) is 57.4 Å². The Labute approximate surface area is 195 Å². The molecule has 3 rings (SSSR count). The highest BCUT2D eigenvalue weighted by molar-refractivity contribution is 7.91. The fraction of sp³-hybridized carbons (Fsp3) is 0.591. The number of carbonyl (C=O) groups excluding carboxylic acids is 2. The van der Waals surface area contributed by atoms with Crippen LogP contribution in [-0.4, -0.2) is 49.5 Å². The Morgan fingerprint density at radius 1 is 1.12 bits per heavy atom. The molecule has 0 spiro atoms. The van der Waals surface area contributed by atoms with Crippen molar-refractivity contribution in [1.29, 1.82) is 0 Å². The second kappa shape index (κ2) is 11.1. The van der Waals surface area contributed by atoms with E-state index in [4.69, 9.17) is 12.2 Å². The Bertz CT molecular complexity index is 928. The van der Waals surface area contributed by atoms with Gasteiger partial charge in [-0.25, -0.2) is 13.2 Å². The molecule has 0 aromatic heterocycles. The number of hydrogen-bond acceptors (Lipinski definition) is 5. The number of thiocarbonyl (C=S) groups is 1. The standard InChI is InChI=1S/C22H32N4O4S2/c1-16-12-14-26(20(27)15-16)22(28)23-13-11-17-7-9-19(10-8-17)32(29,30)25-21(31)24-18-5-3-2-4-6-18/h7-10,16,18H,2-6,11-15H2,1H3,(H,23,28)(H2,24,25,31). The molecule has 0 radical (unpaired) electrons. The van der Waals surface area contributed by atoms with Crippen molar-refractivity contribution >= 4 is 39.3 Å². The van der Waals surface area contributed by atoms with E-state index in [-0.39, 0.29) is 28.0 Å². The van der Waals surface area contributed by atoms with Gasteiger partial charge in [-0.3, -0.25) is 14.4 Å². The van der Waals surface area contributed by atoms with Crippen LogP contribution in [0.5, 0.6) is 0 Å². The molecular weight excluding hydrogens is 448 g/mol. The molecule has 3 amide bonds. The van der Waals surface area contributed by atoms with Crippen LogP contribution in [0.3, 0.4) is 0 Å². The van der Waals surface area contributed by atoms with Gasteiger partial charge in [0.15, 0.2) is 5.11 Å². The highest BCUT2D eigenvalue weighted by atomic mass is 32.2. The summed E-state index contributed by atoms with van der Waals surface area (Å²) in [5.74, 6) is 0.174. The van der Waals surface area contributed by atoms with Crippen LogP contribution in [0.4, 0.5) is 4.79 Å². The maximum Gasteiger partial charge on any atom is 0.324 e. The maximum absolute atomic E-state index is 12.6. The molecule has 8 nitrogen and oxygen atoms in total. The van der Waals surface area contributed by atoms with E-state index >= 15 is 0 Å². The smallest absolute Gasteiger partial charge is 0.324 e. The van der Waals surface area contributed by atoms with Crippen LogP contribution in [-0.2, 0) is 21.2 Å². The van der Waals surface area contributed by atoms with Gasteiger partial charge in [0.2, 0.25) is 5.91 Å². The molecule has 1 aromatic rings. The molecule has 1 aromatic carbocycles. The molecule has 1 heterocycles. The number of nitrogens with zero attached hydrogens (tertiary/aromatic N) is 1. The minimum atomic E-state index is -3.75. The third-order valence-electron chi connectivity index (χ3n) is 6.01. The number of hydrogen-bond donors (Lipinski definition) is 3. The lowest BCUT2D eigenvalue weighted by Crippen LogP contribution is -2.48. The lowest BCUT2D eigenvalue weighted by atomic mass is 9.96. The number of sulfonamides is 1. The summed E-state index contributed by atoms with van der Waals surface area (Å²) in [5.41, 5.74) is 0.880. The zero-order chi connectivity index (χ0) is 23.1. The summed E-state index contributed by atoms with van der Waals surface area (Å²) in [5, 5.41) is 6.00. The number of imide groups is 1. The molecule has 1 aliphatic carbocycles. The molecule has 1 unspecified atom stereocenters. The monoisotopic (exact) mass is 480 g/mol. The van der Waals surface area contributed by atoms with E-state index in [0.29, 0.717) is 31.8 Å². The number of carbonyl (C=O) groups is 2. The number of rotatable bonds is 6. The van der Waals surface area contributed by atoms with Crippen molar-refractivity contribution in [2.24, 2.45) is 5.92 Å². The van der Waals surface area contributed by atoms with Crippen molar-refractivity contribution in [3.05, 3.63) is 29.8 Å². The van der Waals surface area contributed by atoms with Gasteiger partial charge in [0, 0.05) is 25.6 Å². The van der Waals surface area contributed by atoms with Crippen LogP contribution in [0.2, 0.25) is 0 Å². The third-order valence-corrected chi connectivity index (χ3v) is 7.72. The molecule has 32 heavy (non-hydrogen) atoms. The van der Waals surface area contributed by atoms with Gasteiger partial charge in [0.1, 0.15) is 0 Å². The van der Waals surface area contributed by atoms with Gasteiger partial charge in [-0.1, -0.05) is 38.3 Å². The van der Waals surface area contributed by atoms with Crippen molar-refractivity contribution in [1.82, 2.24) is 20.3 Å². The van der Waals surface area contributed by atoms with E-state index in [1.165, 1.54) is 23.5 Å². The summed E-state index contributed by atoms with van der Waals surface area (Å²) in [6.45, 7) is 2.81. The van der Waals surface area contributed by atoms with Gasteiger partial charge in [-0.2, -0.15) is 0 Å². The molecule has 1 aliphatic heterocycles. The highest BCUT2D eigenvalue weighted by Crippen LogP contribution is 2.18. The van der Waals surface area contributed by atoms with E-state index in [1.54, 1.807) is 12.1 Å². The molecule has 10 heteroatoms. The fourth-order valence-corrected chi connectivity index (χ4v) is 5.50. The molecule has 0 bridgehead atoms. The van der Waals surface area contributed by atoms with Gasteiger partial charge < -0.3 is 10.6 Å². The van der Waals surface area contributed by atoms with Crippen molar-refractivity contribution in [2.45, 2.75) is 69.2 Å². The Morgan fingerprint density at radius 2 is 1.81 bits per heavy atom. The van der Waals surface area contributed by atoms with Gasteiger partial charge in [0.05, 0.1) is 4.90 Å². The lowest BCUT2D eigenvalue weighted by molar-refractivity contribution is -0.131. The third kappa shape index (κ3) is 6.90. The summed E-state index contributed by atoms with van der Waals surface area (Å²) in [6, 6.07) is 6.33. The first-order chi connectivity index (χ1) is 15.2. The number of nitrogens with one attached hydrogen (secondary N) is 3. The first-order valence-electron chi connectivity index (χ1n) is 11.2. The number of urea groups is 1. The zero-order valence-corrected chi connectivity index (χ0v) is 20.1. The predicted octanol–water partition coefficient (Wildman–Crippen LogP) is 2.68. The Morgan fingerprint density at radius 3 is 2.47 bits per heavy atom. The van der Waals surface area contributed by atoms with Gasteiger partial charge >= 0.3 is 6.03 Å². The largest absolute Gasteiger partial charge is 0.359 e. The number of amides is 3. The minimum Gasteiger partial charge on any atom is -0.359 e. The molecule has 1 saturated heterocycles. The van der Waals surface area contributed by atoms with E-state index in [0.717, 1.165) is 37.7 Å². The van der Waals surface area contributed by atoms with Crippen molar-refractivity contribution in [2.75, 3.05) is 13.1 Å². The van der Waals surface area contributed by atoms with Crippen molar-refractivity contribution < 1.29 is 18.0 Å². The molecule has 1 saturated carbocycles. The normalized spacial score (nSPS) is 20.0. The van der Waals surface area contributed by atoms with Crippen LogP contribution in [0, 0.1) is 5.92 Å². The van der Waals surface area contributed by atoms with Crippen LogP contribution in [0.15, 0.2) is 29.2 Å². The van der Waals surface area contributed by atoms with Gasteiger partial charge in [0.25, 0.3) is 10.0 Å². The van der Waals surface area contributed by atoms with Crippen LogP contribution < -0.4 is 15.4 Å². The molecular formula is C22H32N4O4S2. The van der Waals surface area contributed by atoms with E-state index in [9.17, 15) is 18.0 Å².